The van der Waals surface area contributed by atoms with E-state index in [0.29, 0.717) is 17.1 Å². The molecule has 3 rings (SSSR count). The average Bonchev–Trinajstić information content (AvgIpc) is 3.38. The lowest BCUT2D eigenvalue weighted by Crippen LogP contribution is -2.22. The Morgan fingerprint density at radius 1 is 1.18 bits per heavy atom. The van der Waals surface area contributed by atoms with Crippen molar-refractivity contribution in [1.82, 2.24) is 19.7 Å². The van der Waals surface area contributed by atoms with Gasteiger partial charge >= 0.3 is 6.18 Å². The van der Waals surface area contributed by atoms with E-state index >= 15 is 0 Å². The Kier molecular flexibility index (Phi) is 5.94. The second kappa shape index (κ2) is 8.08. The number of nitrogens with zero attached hydrogens (tertiary/aromatic N) is 4. The van der Waals surface area contributed by atoms with Gasteiger partial charge < -0.3 is 0 Å². The lowest BCUT2D eigenvalue weighted by atomic mass is 9.97. The predicted molar refractivity (Wildman–Crippen MR) is 100 cm³/mol. The van der Waals surface area contributed by atoms with E-state index in [4.69, 9.17) is 0 Å². The minimum atomic E-state index is -4.88. The molecule has 0 spiro atoms. The standard InChI is InChI=1S/C17H15F3N4O2S2/c1-27-16(28-2)12(13(25)9-3-4-9)14(26)10-5-6-11(24-8-21-7-22-24)23-15(10)17(18,19)20/h5-9H,3-4H2,1-2H3. The molecule has 1 aliphatic carbocycles. The molecule has 2 aromatic rings. The number of hydrogen-bond donors (Lipinski definition) is 0. The summed E-state index contributed by atoms with van der Waals surface area (Å²) >= 11 is 2.33. The van der Waals surface area contributed by atoms with Crippen molar-refractivity contribution in [2.24, 2.45) is 5.92 Å². The van der Waals surface area contributed by atoms with E-state index < -0.39 is 29.0 Å². The van der Waals surface area contributed by atoms with E-state index in [1.807, 2.05) is 0 Å². The first-order valence-electron chi connectivity index (χ1n) is 8.12. The lowest BCUT2D eigenvalue weighted by molar-refractivity contribution is -0.141. The largest absolute Gasteiger partial charge is 0.434 e. The zero-order valence-corrected chi connectivity index (χ0v) is 16.5. The molecule has 148 valence electrons. The number of halogens is 3. The average molecular weight is 428 g/mol. The molecular formula is C17H15F3N4O2S2. The third kappa shape index (κ3) is 4.14. The second-order valence-corrected chi connectivity index (χ2v) is 7.83. The van der Waals surface area contributed by atoms with Crippen LogP contribution in [0.25, 0.3) is 5.82 Å². The zero-order chi connectivity index (χ0) is 20.5. The number of carbonyl (C=O) groups is 2. The maximum absolute atomic E-state index is 13.7. The molecule has 0 bridgehead atoms. The topological polar surface area (TPSA) is 77.7 Å². The molecule has 0 N–H and O–H groups in total. The van der Waals surface area contributed by atoms with Crippen molar-refractivity contribution < 1.29 is 22.8 Å². The highest BCUT2D eigenvalue weighted by Crippen LogP contribution is 2.39. The number of pyridine rings is 1. The fourth-order valence-corrected chi connectivity index (χ4v) is 4.04. The number of hydrogen-bond acceptors (Lipinski definition) is 7. The molecule has 2 heterocycles. The summed E-state index contributed by atoms with van der Waals surface area (Å²) in [4.78, 5) is 33.0. The molecule has 0 unspecified atom stereocenters. The van der Waals surface area contributed by atoms with E-state index in [1.165, 1.54) is 35.9 Å². The maximum atomic E-state index is 13.7. The van der Waals surface area contributed by atoms with Crippen molar-refractivity contribution >= 4 is 35.1 Å². The van der Waals surface area contributed by atoms with Crippen LogP contribution in [0, 0.1) is 5.92 Å². The van der Waals surface area contributed by atoms with Crippen LogP contribution in [0.2, 0.25) is 0 Å². The van der Waals surface area contributed by atoms with Crippen LogP contribution in [0.1, 0.15) is 28.9 Å². The molecule has 0 radical (unpaired) electrons. The van der Waals surface area contributed by atoms with Gasteiger partial charge in [-0.1, -0.05) is 0 Å². The normalized spacial score (nSPS) is 14.0. The molecule has 1 aliphatic rings. The van der Waals surface area contributed by atoms with Gasteiger partial charge in [-0.15, -0.1) is 23.5 Å². The van der Waals surface area contributed by atoms with Gasteiger partial charge in [-0.2, -0.15) is 18.3 Å². The van der Waals surface area contributed by atoms with Gasteiger partial charge in [0, 0.05) is 5.92 Å². The monoisotopic (exact) mass is 428 g/mol. The van der Waals surface area contributed by atoms with Crippen molar-refractivity contribution in [3.8, 4) is 5.82 Å². The van der Waals surface area contributed by atoms with Crippen LogP contribution < -0.4 is 0 Å². The highest BCUT2D eigenvalue weighted by Gasteiger charge is 2.42. The Balaban J connectivity index is 2.13. The molecular weight excluding hydrogens is 413 g/mol. The van der Waals surface area contributed by atoms with Gasteiger partial charge in [-0.3, -0.25) is 9.59 Å². The van der Waals surface area contributed by atoms with E-state index in [2.05, 4.69) is 15.1 Å². The summed E-state index contributed by atoms with van der Waals surface area (Å²) < 4.78 is 42.4. The number of ketones is 2. The molecule has 28 heavy (non-hydrogen) atoms. The number of allylic oxidation sites excluding steroid dienone is 1. The van der Waals surface area contributed by atoms with Gasteiger partial charge in [0.05, 0.1) is 15.4 Å². The van der Waals surface area contributed by atoms with Crippen molar-refractivity contribution in [2.75, 3.05) is 12.5 Å². The first-order chi connectivity index (χ1) is 13.3. The second-order valence-electron chi connectivity index (χ2n) is 5.94. The van der Waals surface area contributed by atoms with E-state index in [9.17, 15) is 22.8 Å². The van der Waals surface area contributed by atoms with Crippen LogP contribution >= 0.6 is 23.5 Å². The van der Waals surface area contributed by atoms with E-state index in [1.54, 1.807) is 12.5 Å². The van der Waals surface area contributed by atoms with Crippen LogP contribution in [0.3, 0.4) is 0 Å². The maximum Gasteiger partial charge on any atom is 0.434 e. The molecule has 2 aromatic heterocycles. The Labute approximate surface area is 167 Å². The number of alkyl halides is 3. The Morgan fingerprint density at radius 2 is 1.86 bits per heavy atom. The van der Waals surface area contributed by atoms with Gasteiger partial charge in [0.2, 0.25) is 0 Å². The van der Waals surface area contributed by atoms with Crippen LogP contribution in [0.4, 0.5) is 13.2 Å². The van der Waals surface area contributed by atoms with Crippen LogP contribution in [-0.4, -0.2) is 43.8 Å². The summed E-state index contributed by atoms with van der Waals surface area (Å²) in [5.74, 6) is -1.79. The van der Waals surface area contributed by atoms with Gasteiger partial charge in [0.1, 0.15) is 12.7 Å². The Hall–Kier alpha value is -2.14. The Bertz CT molecular complexity index is 932. The number of carbonyl (C=O) groups excluding carboxylic acids is 2. The summed E-state index contributed by atoms with van der Waals surface area (Å²) in [6, 6.07) is 2.28. The molecule has 0 atom stereocenters. The summed E-state index contributed by atoms with van der Waals surface area (Å²) in [6.45, 7) is 0. The zero-order valence-electron chi connectivity index (χ0n) is 14.9. The summed E-state index contributed by atoms with van der Waals surface area (Å²) in [7, 11) is 0. The smallest absolute Gasteiger partial charge is 0.294 e. The van der Waals surface area contributed by atoms with Crippen LogP contribution in [0.15, 0.2) is 34.6 Å². The molecule has 0 aliphatic heterocycles. The fourth-order valence-electron chi connectivity index (χ4n) is 2.58. The molecule has 1 fully saturated rings. The third-order valence-electron chi connectivity index (χ3n) is 4.04. The van der Waals surface area contributed by atoms with Crippen LogP contribution in [-0.2, 0) is 11.0 Å². The SMILES string of the molecule is CSC(SC)=C(C(=O)c1ccc(-n2cncn2)nc1C(F)(F)F)C(=O)C1CC1. The van der Waals surface area contributed by atoms with E-state index in [0.717, 1.165) is 17.1 Å². The van der Waals surface area contributed by atoms with Crippen molar-refractivity contribution in [1.29, 1.82) is 0 Å². The van der Waals surface area contributed by atoms with Crippen molar-refractivity contribution in [2.45, 2.75) is 19.0 Å². The number of Topliss-reactive ketones (excluding diaryl/α,β-unsaturated/α-hetero) is 2. The third-order valence-corrected chi connectivity index (χ3v) is 6.19. The minimum Gasteiger partial charge on any atom is -0.294 e. The molecule has 6 nitrogen and oxygen atoms in total. The fraction of sp³-hybridized carbons (Fsp3) is 0.353. The quantitative estimate of drug-likeness (QED) is 0.287. The van der Waals surface area contributed by atoms with Crippen LogP contribution in [0.5, 0.6) is 0 Å². The minimum absolute atomic E-state index is 0.129. The summed E-state index contributed by atoms with van der Waals surface area (Å²) in [6.07, 6.45) is 2.11. The first-order valence-corrected chi connectivity index (χ1v) is 10.6. The summed E-state index contributed by atoms with van der Waals surface area (Å²) in [5, 5.41) is 3.75. The highest BCUT2D eigenvalue weighted by molar-refractivity contribution is 8.21. The van der Waals surface area contributed by atoms with Crippen molar-refractivity contribution in [3.05, 3.63) is 45.9 Å². The number of thioether (sulfide) groups is 2. The van der Waals surface area contributed by atoms with Gasteiger partial charge in [0.15, 0.2) is 23.1 Å². The lowest BCUT2D eigenvalue weighted by Gasteiger charge is -2.15. The molecule has 0 amide bonds. The van der Waals surface area contributed by atoms with E-state index in [-0.39, 0.29) is 17.3 Å². The molecule has 0 saturated heterocycles. The highest BCUT2D eigenvalue weighted by atomic mass is 32.2. The van der Waals surface area contributed by atoms with Gasteiger partial charge in [-0.05, 0) is 37.5 Å². The van der Waals surface area contributed by atoms with Gasteiger partial charge in [0.25, 0.3) is 0 Å². The number of aromatic nitrogens is 4. The molecule has 1 saturated carbocycles. The summed E-state index contributed by atoms with van der Waals surface area (Å²) in [5.41, 5.74) is -2.20. The number of rotatable bonds is 7. The Morgan fingerprint density at radius 3 is 2.36 bits per heavy atom. The molecule has 11 heteroatoms. The van der Waals surface area contributed by atoms with Crippen molar-refractivity contribution in [3.63, 3.8) is 0 Å². The molecule has 0 aromatic carbocycles. The van der Waals surface area contributed by atoms with Gasteiger partial charge in [-0.25, -0.2) is 14.6 Å². The predicted octanol–water partition coefficient (Wildman–Crippen LogP) is 3.78. The first kappa shape index (κ1) is 20.6.